The molecule has 1 aromatic rings. The number of rotatable bonds is 4. The molecule has 0 aliphatic rings. The molecule has 0 unspecified atom stereocenters. The Kier molecular flexibility index (Phi) is 3.91. The molecule has 0 fully saturated rings. The van der Waals surface area contributed by atoms with Crippen LogP contribution in [0.1, 0.15) is 5.56 Å². The number of para-hydroxylation sites is 1. The maximum absolute atomic E-state index is 5.50. The highest BCUT2D eigenvalue weighted by molar-refractivity contribution is 6.17. The number of ether oxygens (including phenoxy) is 1. The van der Waals surface area contributed by atoms with Crippen molar-refractivity contribution in [1.82, 2.24) is 5.32 Å². The van der Waals surface area contributed by atoms with Gasteiger partial charge >= 0.3 is 0 Å². The van der Waals surface area contributed by atoms with Crippen molar-refractivity contribution in [2.75, 3.05) is 13.1 Å². The summed E-state index contributed by atoms with van der Waals surface area (Å²) < 4.78 is 5.16. The molecular weight excluding hydrogens is 174 g/mol. The van der Waals surface area contributed by atoms with E-state index in [1.807, 2.05) is 24.3 Å². The first-order chi connectivity index (χ1) is 5.88. The third-order valence-electron chi connectivity index (χ3n) is 1.60. The van der Waals surface area contributed by atoms with Crippen molar-refractivity contribution < 1.29 is 4.74 Å². The van der Waals surface area contributed by atoms with Crippen LogP contribution in [0.15, 0.2) is 24.3 Å². The molecule has 0 aromatic heterocycles. The predicted molar refractivity (Wildman–Crippen MR) is 50.6 cm³/mol. The van der Waals surface area contributed by atoms with Crippen molar-refractivity contribution in [2.45, 2.75) is 6.54 Å². The van der Waals surface area contributed by atoms with E-state index in [2.05, 4.69) is 5.32 Å². The van der Waals surface area contributed by atoms with E-state index in [0.717, 1.165) is 17.9 Å². The summed E-state index contributed by atoms with van der Waals surface area (Å²) in [5.74, 6) is 0.898. The first kappa shape index (κ1) is 9.36. The lowest BCUT2D eigenvalue weighted by Crippen LogP contribution is -2.10. The van der Waals surface area contributed by atoms with Crippen LogP contribution in [0.25, 0.3) is 0 Å². The standard InChI is InChI=1S/C9H12ClNO/c1-12-9-5-3-2-4-8(9)6-11-7-10/h2-5,11H,6-7H2,1H3. The van der Waals surface area contributed by atoms with E-state index in [0.29, 0.717) is 6.00 Å². The van der Waals surface area contributed by atoms with Gasteiger partial charge in [-0.05, 0) is 6.07 Å². The van der Waals surface area contributed by atoms with Crippen molar-refractivity contribution in [3.8, 4) is 5.75 Å². The van der Waals surface area contributed by atoms with E-state index >= 15 is 0 Å². The van der Waals surface area contributed by atoms with Crippen LogP contribution in [-0.4, -0.2) is 13.1 Å². The number of alkyl halides is 1. The number of nitrogens with one attached hydrogen (secondary N) is 1. The van der Waals surface area contributed by atoms with Gasteiger partial charge in [0.2, 0.25) is 0 Å². The summed E-state index contributed by atoms with van der Waals surface area (Å²) in [6, 6.07) is 8.33. The smallest absolute Gasteiger partial charge is 0.123 e. The SMILES string of the molecule is COc1ccccc1CNCCl. The van der Waals surface area contributed by atoms with Gasteiger partial charge in [-0.25, -0.2) is 0 Å². The predicted octanol–water partition coefficient (Wildman–Crippen LogP) is 1.98. The molecule has 0 saturated carbocycles. The van der Waals surface area contributed by atoms with E-state index in [1.54, 1.807) is 7.11 Å². The first-order valence-electron chi connectivity index (χ1n) is 3.77. The summed E-state index contributed by atoms with van der Waals surface area (Å²) in [6.45, 7) is 0.744. The second-order valence-corrected chi connectivity index (χ2v) is 2.64. The molecular formula is C9H12ClNO. The van der Waals surface area contributed by atoms with Gasteiger partial charge in [0, 0.05) is 12.1 Å². The second kappa shape index (κ2) is 5.01. The molecule has 0 radical (unpaired) electrons. The molecule has 0 bridgehead atoms. The minimum atomic E-state index is 0.456. The normalized spacial score (nSPS) is 9.83. The molecule has 3 heteroatoms. The molecule has 0 aliphatic carbocycles. The number of hydrogen-bond donors (Lipinski definition) is 1. The van der Waals surface area contributed by atoms with Crippen LogP contribution in [0.3, 0.4) is 0 Å². The molecule has 12 heavy (non-hydrogen) atoms. The Morgan fingerprint density at radius 1 is 1.42 bits per heavy atom. The lowest BCUT2D eigenvalue weighted by Gasteiger charge is -2.07. The van der Waals surface area contributed by atoms with Crippen LogP contribution in [-0.2, 0) is 6.54 Å². The van der Waals surface area contributed by atoms with Crippen molar-refractivity contribution in [1.29, 1.82) is 0 Å². The van der Waals surface area contributed by atoms with Gasteiger partial charge in [-0.3, -0.25) is 5.32 Å². The Hall–Kier alpha value is -0.730. The zero-order valence-electron chi connectivity index (χ0n) is 7.01. The highest BCUT2D eigenvalue weighted by Crippen LogP contribution is 2.16. The maximum Gasteiger partial charge on any atom is 0.123 e. The summed E-state index contributed by atoms with van der Waals surface area (Å²) in [5.41, 5.74) is 1.13. The molecule has 0 amide bonds. The van der Waals surface area contributed by atoms with Crippen LogP contribution in [0.4, 0.5) is 0 Å². The van der Waals surface area contributed by atoms with Crippen LogP contribution >= 0.6 is 11.6 Å². The summed E-state index contributed by atoms with van der Waals surface area (Å²) in [5, 5.41) is 3.02. The summed E-state index contributed by atoms with van der Waals surface area (Å²) in [7, 11) is 1.67. The molecule has 2 nitrogen and oxygen atoms in total. The van der Waals surface area contributed by atoms with Gasteiger partial charge < -0.3 is 4.74 Å². The van der Waals surface area contributed by atoms with E-state index < -0.39 is 0 Å². The van der Waals surface area contributed by atoms with Crippen molar-refractivity contribution in [3.05, 3.63) is 29.8 Å². The van der Waals surface area contributed by atoms with Crippen molar-refractivity contribution >= 4 is 11.6 Å². The van der Waals surface area contributed by atoms with E-state index in [4.69, 9.17) is 16.3 Å². The third kappa shape index (κ3) is 2.40. The zero-order valence-corrected chi connectivity index (χ0v) is 7.77. The molecule has 0 atom stereocenters. The number of benzene rings is 1. The molecule has 1 aromatic carbocycles. The topological polar surface area (TPSA) is 21.3 Å². The fourth-order valence-electron chi connectivity index (χ4n) is 1.03. The van der Waals surface area contributed by atoms with Gasteiger partial charge in [0.1, 0.15) is 5.75 Å². The molecule has 1 N–H and O–H groups in total. The van der Waals surface area contributed by atoms with E-state index in [9.17, 15) is 0 Å². The van der Waals surface area contributed by atoms with Crippen molar-refractivity contribution in [2.24, 2.45) is 0 Å². The van der Waals surface area contributed by atoms with Gasteiger partial charge in [-0.2, -0.15) is 0 Å². The van der Waals surface area contributed by atoms with E-state index in [-0.39, 0.29) is 0 Å². The maximum atomic E-state index is 5.50. The Labute approximate surface area is 77.5 Å². The Bertz CT molecular complexity index is 240. The molecule has 0 heterocycles. The third-order valence-corrected chi connectivity index (χ3v) is 1.79. The minimum Gasteiger partial charge on any atom is -0.496 e. The Morgan fingerprint density at radius 3 is 2.83 bits per heavy atom. The molecule has 0 aliphatic heterocycles. The molecule has 1 rings (SSSR count). The molecule has 0 spiro atoms. The number of methoxy groups -OCH3 is 1. The monoisotopic (exact) mass is 185 g/mol. The zero-order chi connectivity index (χ0) is 8.81. The summed E-state index contributed by atoms with van der Waals surface area (Å²) in [4.78, 5) is 0. The van der Waals surface area contributed by atoms with Crippen molar-refractivity contribution in [3.63, 3.8) is 0 Å². The first-order valence-corrected chi connectivity index (χ1v) is 4.30. The van der Waals surface area contributed by atoms with Crippen LogP contribution < -0.4 is 10.1 Å². The number of hydrogen-bond acceptors (Lipinski definition) is 2. The molecule has 0 saturated heterocycles. The Morgan fingerprint density at radius 2 is 2.17 bits per heavy atom. The minimum absolute atomic E-state index is 0.456. The van der Waals surface area contributed by atoms with Gasteiger partial charge in [0.25, 0.3) is 0 Å². The average molecular weight is 186 g/mol. The highest BCUT2D eigenvalue weighted by atomic mass is 35.5. The van der Waals surface area contributed by atoms with Gasteiger partial charge in [-0.15, -0.1) is 11.6 Å². The second-order valence-electron chi connectivity index (χ2n) is 2.37. The lowest BCUT2D eigenvalue weighted by molar-refractivity contribution is 0.408. The van der Waals surface area contributed by atoms with E-state index in [1.165, 1.54) is 0 Å². The van der Waals surface area contributed by atoms with Crippen LogP contribution in [0.2, 0.25) is 0 Å². The van der Waals surface area contributed by atoms with Gasteiger partial charge in [0.05, 0.1) is 13.1 Å². The largest absolute Gasteiger partial charge is 0.496 e. The van der Waals surface area contributed by atoms with Gasteiger partial charge in [0.15, 0.2) is 0 Å². The molecule has 66 valence electrons. The lowest BCUT2D eigenvalue weighted by atomic mass is 10.2. The number of halogens is 1. The average Bonchev–Trinajstić information content (AvgIpc) is 2.15. The van der Waals surface area contributed by atoms with Crippen LogP contribution in [0, 0.1) is 0 Å². The van der Waals surface area contributed by atoms with Crippen LogP contribution in [0.5, 0.6) is 5.75 Å². The fourth-order valence-corrected chi connectivity index (χ4v) is 1.13. The highest BCUT2D eigenvalue weighted by Gasteiger charge is 1.98. The quantitative estimate of drug-likeness (QED) is 0.572. The van der Waals surface area contributed by atoms with Gasteiger partial charge in [-0.1, -0.05) is 18.2 Å². The summed E-state index contributed by atoms with van der Waals surface area (Å²) in [6.07, 6.45) is 0. The fraction of sp³-hybridized carbons (Fsp3) is 0.333. The summed E-state index contributed by atoms with van der Waals surface area (Å²) >= 11 is 5.50. The Balaban J connectivity index is 2.68.